The minimum absolute atomic E-state index is 0.277. The number of hydrogen-bond acceptors (Lipinski definition) is 5. The van der Waals surface area contributed by atoms with Gasteiger partial charge in [-0.2, -0.15) is 0 Å². The molecule has 0 aliphatic heterocycles. The predicted molar refractivity (Wildman–Crippen MR) is 90.9 cm³/mol. The predicted octanol–water partition coefficient (Wildman–Crippen LogP) is 2.67. The first kappa shape index (κ1) is 16.7. The Hall–Kier alpha value is -3.18. The minimum atomic E-state index is -2.14. The van der Waals surface area contributed by atoms with E-state index in [2.05, 4.69) is 0 Å². The van der Waals surface area contributed by atoms with E-state index in [1.165, 1.54) is 18.2 Å². The summed E-state index contributed by atoms with van der Waals surface area (Å²) < 4.78 is 10.5. The molecule has 0 aromatic heterocycles. The molecule has 1 aliphatic carbocycles. The van der Waals surface area contributed by atoms with Crippen molar-refractivity contribution in [2.75, 3.05) is 0 Å². The van der Waals surface area contributed by atoms with Gasteiger partial charge in [0.1, 0.15) is 17.4 Å². The summed E-state index contributed by atoms with van der Waals surface area (Å²) in [5.41, 5.74) is -2.14. The van der Waals surface area contributed by atoms with Crippen molar-refractivity contribution < 1.29 is 24.2 Å². The summed E-state index contributed by atoms with van der Waals surface area (Å²) in [7, 11) is 0. The van der Waals surface area contributed by atoms with Gasteiger partial charge in [-0.05, 0) is 30.3 Å². The standard InChI is InChI=1S/C20H16O5/c21-18(24-15-9-3-1-4-10-15)17-13-7-8-14-20(17,23)19(22)25-16-11-5-2-6-12-16/h1-14,17,23H. The van der Waals surface area contributed by atoms with Crippen LogP contribution in [0.15, 0.2) is 85.0 Å². The van der Waals surface area contributed by atoms with Crippen molar-refractivity contribution in [3.63, 3.8) is 0 Å². The second kappa shape index (κ2) is 7.15. The molecular weight excluding hydrogens is 320 g/mol. The molecule has 0 spiro atoms. The average Bonchev–Trinajstić information content (AvgIpc) is 2.63. The Morgan fingerprint density at radius 3 is 2.00 bits per heavy atom. The van der Waals surface area contributed by atoms with Gasteiger partial charge in [0, 0.05) is 0 Å². The van der Waals surface area contributed by atoms with Crippen LogP contribution in [0.25, 0.3) is 0 Å². The highest BCUT2D eigenvalue weighted by atomic mass is 16.6. The number of carbonyl (C=O) groups is 2. The van der Waals surface area contributed by atoms with Gasteiger partial charge in [-0.1, -0.05) is 54.6 Å². The zero-order valence-corrected chi connectivity index (χ0v) is 13.2. The van der Waals surface area contributed by atoms with E-state index < -0.39 is 23.5 Å². The zero-order valence-electron chi connectivity index (χ0n) is 13.2. The first-order valence-electron chi connectivity index (χ1n) is 7.72. The lowest BCUT2D eigenvalue weighted by Gasteiger charge is -2.29. The van der Waals surface area contributed by atoms with Crippen LogP contribution in [0.3, 0.4) is 0 Å². The van der Waals surface area contributed by atoms with Crippen molar-refractivity contribution in [2.45, 2.75) is 5.60 Å². The second-order valence-corrected chi connectivity index (χ2v) is 5.48. The Morgan fingerprint density at radius 2 is 1.40 bits per heavy atom. The number of benzene rings is 2. The van der Waals surface area contributed by atoms with Gasteiger partial charge in [-0.25, -0.2) is 4.79 Å². The molecule has 0 bridgehead atoms. The fourth-order valence-electron chi connectivity index (χ4n) is 2.43. The highest BCUT2D eigenvalue weighted by Gasteiger charge is 2.48. The normalized spacial score (nSPS) is 21.6. The van der Waals surface area contributed by atoms with E-state index in [1.807, 2.05) is 0 Å². The Bertz CT molecular complexity index is 810. The van der Waals surface area contributed by atoms with Crippen molar-refractivity contribution in [1.29, 1.82) is 0 Å². The zero-order chi connectivity index (χ0) is 17.7. The first-order chi connectivity index (χ1) is 12.1. The lowest BCUT2D eigenvalue weighted by Crippen LogP contribution is -2.51. The summed E-state index contributed by atoms with van der Waals surface area (Å²) in [6.07, 6.45) is 5.70. The van der Waals surface area contributed by atoms with E-state index in [4.69, 9.17) is 9.47 Å². The topological polar surface area (TPSA) is 72.8 Å². The van der Waals surface area contributed by atoms with Gasteiger partial charge in [0.25, 0.3) is 0 Å². The van der Waals surface area contributed by atoms with E-state index >= 15 is 0 Å². The summed E-state index contributed by atoms with van der Waals surface area (Å²) in [4.78, 5) is 25.0. The molecule has 5 heteroatoms. The number of esters is 2. The number of ether oxygens (including phenoxy) is 2. The minimum Gasteiger partial charge on any atom is -0.426 e. The molecule has 2 atom stereocenters. The number of para-hydroxylation sites is 2. The number of carbonyl (C=O) groups excluding carboxylic acids is 2. The molecule has 2 unspecified atom stereocenters. The SMILES string of the molecule is O=C(Oc1ccccc1)C1C=CC=CC1(O)C(=O)Oc1ccccc1. The maximum atomic E-state index is 12.5. The fraction of sp³-hybridized carbons (Fsp3) is 0.100. The van der Waals surface area contributed by atoms with Gasteiger partial charge in [0.2, 0.25) is 0 Å². The van der Waals surface area contributed by atoms with Crippen molar-refractivity contribution in [1.82, 2.24) is 0 Å². The Kier molecular flexibility index (Phi) is 4.77. The first-order valence-corrected chi connectivity index (χ1v) is 7.72. The number of hydrogen-bond donors (Lipinski definition) is 1. The van der Waals surface area contributed by atoms with Crippen LogP contribution in [0.4, 0.5) is 0 Å². The molecule has 1 aliphatic rings. The summed E-state index contributed by atoms with van der Waals surface area (Å²) in [6.45, 7) is 0. The smallest absolute Gasteiger partial charge is 0.348 e. The molecule has 25 heavy (non-hydrogen) atoms. The van der Waals surface area contributed by atoms with Crippen LogP contribution in [0.5, 0.6) is 11.5 Å². The number of aliphatic hydroxyl groups is 1. The molecule has 3 rings (SSSR count). The lowest BCUT2D eigenvalue weighted by atomic mass is 9.83. The fourth-order valence-corrected chi connectivity index (χ4v) is 2.43. The average molecular weight is 336 g/mol. The van der Waals surface area contributed by atoms with Crippen molar-refractivity contribution in [3.8, 4) is 11.5 Å². The van der Waals surface area contributed by atoms with Crippen LogP contribution in [-0.2, 0) is 9.59 Å². The summed E-state index contributed by atoms with van der Waals surface area (Å²) >= 11 is 0. The number of allylic oxidation sites excluding steroid dienone is 2. The van der Waals surface area contributed by atoms with E-state index in [1.54, 1.807) is 66.7 Å². The van der Waals surface area contributed by atoms with Crippen molar-refractivity contribution >= 4 is 11.9 Å². The summed E-state index contributed by atoms with van der Waals surface area (Å²) in [6, 6.07) is 16.8. The van der Waals surface area contributed by atoms with Crippen LogP contribution >= 0.6 is 0 Å². The van der Waals surface area contributed by atoms with E-state index in [0.29, 0.717) is 5.75 Å². The molecule has 0 amide bonds. The summed E-state index contributed by atoms with van der Waals surface area (Å²) in [5, 5.41) is 10.8. The Labute approximate surface area is 144 Å². The highest BCUT2D eigenvalue weighted by Crippen LogP contribution is 2.29. The van der Waals surface area contributed by atoms with Crippen molar-refractivity contribution in [3.05, 3.63) is 85.0 Å². The quantitative estimate of drug-likeness (QED) is 0.686. The van der Waals surface area contributed by atoms with Crippen molar-refractivity contribution in [2.24, 2.45) is 5.92 Å². The third-order valence-corrected chi connectivity index (χ3v) is 3.74. The molecule has 0 heterocycles. The van der Waals surface area contributed by atoms with Crippen LogP contribution in [0.2, 0.25) is 0 Å². The Morgan fingerprint density at radius 1 is 0.840 bits per heavy atom. The molecule has 0 saturated heterocycles. The van der Waals surface area contributed by atoms with Crippen LogP contribution in [-0.4, -0.2) is 22.6 Å². The molecular formula is C20H16O5. The lowest BCUT2D eigenvalue weighted by molar-refractivity contribution is -0.161. The molecule has 1 N–H and O–H groups in total. The van der Waals surface area contributed by atoms with E-state index in [0.717, 1.165) is 0 Å². The van der Waals surface area contributed by atoms with E-state index in [-0.39, 0.29) is 5.75 Å². The van der Waals surface area contributed by atoms with Gasteiger partial charge in [0.05, 0.1) is 0 Å². The number of rotatable bonds is 4. The van der Waals surface area contributed by atoms with Gasteiger partial charge < -0.3 is 14.6 Å². The summed E-state index contributed by atoms with van der Waals surface area (Å²) in [5.74, 6) is -2.31. The third kappa shape index (κ3) is 3.67. The monoisotopic (exact) mass is 336 g/mol. The van der Waals surface area contributed by atoms with Crippen LogP contribution in [0, 0.1) is 5.92 Å². The maximum Gasteiger partial charge on any atom is 0.348 e. The molecule has 0 radical (unpaired) electrons. The maximum absolute atomic E-state index is 12.5. The third-order valence-electron chi connectivity index (χ3n) is 3.74. The highest BCUT2D eigenvalue weighted by molar-refractivity contribution is 5.93. The Balaban J connectivity index is 1.80. The molecule has 5 nitrogen and oxygen atoms in total. The largest absolute Gasteiger partial charge is 0.426 e. The van der Waals surface area contributed by atoms with Gasteiger partial charge >= 0.3 is 11.9 Å². The molecule has 0 saturated carbocycles. The molecule has 0 fully saturated rings. The van der Waals surface area contributed by atoms with Crippen LogP contribution < -0.4 is 9.47 Å². The molecule has 2 aromatic carbocycles. The second-order valence-electron chi connectivity index (χ2n) is 5.48. The molecule has 2 aromatic rings. The molecule has 126 valence electrons. The van der Waals surface area contributed by atoms with Crippen LogP contribution in [0.1, 0.15) is 0 Å². The van der Waals surface area contributed by atoms with Gasteiger partial charge in [-0.3, -0.25) is 4.79 Å². The van der Waals surface area contributed by atoms with Gasteiger partial charge in [-0.15, -0.1) is 0 Å². The van der Waals surface area contributed by atoms with Gasteiger partial charge in [0.15, 0.2) is 5.60 Å². The van der Waals surface area contributed by atoms with E-state index in [9.17, 15) is 14.7 Å².